The van der Waals surface area contributed by atoms with E-state index in [2.05, 4.69) is 258 Å². The predicted molar refractivity (Wildman–Crippen MR) is 339 cm³/mol. The molecule has 0 saturated heterocycles. The SMILES string of the molecule is C/C=C\C[C@@H](C)/C=C/C1=CCCC(C2=CC=C(n3c4c(c5cc(-n6c7ccccc7c7ccccc76)ccc53)C=C(C)CC4)CC2)=C1.C=C/C(C1=C(C)C=C=CC=C1)=C(\C=C/C)C(C)C.c1ccc2c(c1)Cc1ccccc1-2. The molecule has 12 rings (SSSR count). The van der Waals surface area contributed by atoms with E-state index >= 15 is 0 Å². The number of nitrogens with zero attached hydrogens (tertiary/aromatic N) is 2. The summed E-state index contributed by atoms with van der Waals surface area (Å²) in [5, 5.41) is 3.97. The molecule has 0 bridgehead atoms. The number of aromatic nitrogens is 2. The highest BCUT2D eigenvalue weighted by Crippen LogP contribution is 2.42. The van der Waals surface area contributed by atoms with E-state index in [-0.39, 0.29) is 0 Å². The van der Waals surface area contributed by atoms with Gasteiger partial charge in [0.25, 0.3) is 0 Å². The van der Waals surface area contributed by atoms with Crippen LogP contribution in [-0.2, 0) is 12.8 Å². The zero-order valence-electron chi connectivity index (χ0n) is 47.1. The fraction of sp³-hybridized carbons (Fsp3) is 0.224. The summed E-state index contributed by atoms with van der Waals surface area (Å²) >= 11 is 0. The predicted octanol–water partition coefficient (Wildman–Crippen LogP) is 21.0. The van der Waals surface area contributed by atoms with Gasteiger partial charge in [-0.25, -0.2) is 0 Å². The van der Waals surface area contributed by atoms with E-state index in [1.165, 1.54) is 122 Å². The minimum atomic E-state index is 0.475. The van der Waals surface area contributed by atoms with Crippen LogP contribution in [0.3, 0.4) is 0 Å². The minimum Gasteiger partial charge on any atom is -0.317 e. The largest absolute Gasteiger partial charge is 0.317 e. The Hall–Kier alpha value is -8.16. The molecule has 5 aliphatic rings. The first-order valence-corrected chi connectivity index (χ1v) is 28.5. The van der Waals surface area contributed by atoms with E-state index in [1.54, 1.807) is 0 Å². The quantitative estimate of drug-likeness (QED) is 0.0694. The molecule has 2 heteroatoms. The Labute approximate surface area is 465 Å². The Kier molecular flexibility index (Phi) is 16.7. The molecule has 1 atom stereocenters. The van der Waals surface area contributed by atoms with E-state index in [1.807, 2.05) is 24.3 Å². The summed E-state index contributed by atoms with van der Waals surface area (Å²) in [6.07, 6.45) is 44.4. The van der Waals surface area contributed by atoms with E-state index in [0.29, 0.717) is 11.8 Å². The molecule has 0 unspecified atom stereocenters. The lowest BCUT2D eigenvalue weighted by atomic mass is 9.88. The molecule has 0 saturated carbocycles. The van der Waals surface area contributed by atoms with E-state index < -0.39 is 0 Å². The normalized spacial score (nSPS) is 16.5. The zero-order valence-corrected chi connectivity index (χ0v) is 47.1. The summed E-state index contributed by atoms with van der Waals surface area (Å²) in [7, 11) is 0. The topological polar surface area (TPSA) is 9.86 Å². The molecule has 390 valence electrons. The maximum absolute atomic E-state index is 3.98. The number of para-hydroxylation sites is 2. The molecule has 0 radical (unpaired) electrons. The van der Waals surface area contributed by atoms with Gasteiger partial charge in [0.1, 0.15) is 0 Å². The van der Waals surface area contributed by atoms with Gasteiger partial charge in [-0.05, 0) is 201 Å². The van der Waals surface area contributed by atoms with Crippen molar-refractivity contribution in [1.29, 1.82) is 0 Å². The van der Waals surface area contributed by atoms with Crippen molar-refractivity contribution >= 4 is 44.5 Å². The van der Waals surface area contributed by atoms with Gasteiger partial charge in [-0.15, -0.1) is 5.73 Å². The maximum atomic E-state index is 3.98. The molecule has 5 aromatic carbocycles. The molecule has 2 nitrogen and oxygen atoms in total. The zero-order chi connectivity index (χ0) is 54.1. The van der Waals surface area contributed by atoms with Crippen molar-refractivity contribution in [2.45, 2.75) is 99.8 Å². The van der Waals surface area contributed by atoms with Gasteiger partial charge in [-0.1, -0.05) is 197 Å². The van der Waals surface area contributed by atoms with Crippen molar-refractivity contribution in [3.8, 4) is 16.8 Å². The van der Waals surface area contributed by atoms with Crippen LogP contribution in [0.5, 0.6) is 0 Å². The van der Waals surface area contributed by atoms with E-state index in [9.17, 15) is 0 Å². The molecule has 2 heterocycles. The van der Waals surface area contributed by atoms with Gasteiger partial charge in [0, 0.05) is 38.8 Å². The molecule has 0 spiro atoms. The Morgan fingerprint density at radius 2 is 1.38 bits per heavy atom. The lowest BCUT2D eigenvalue weighted by Crippen LogP contribution is -2.08. The van der Waals surface area contributed by atoms with Crippen molar-refractivity contribution < 1.29 is 0 Å². The minimum absolute atomic E-state index is 0.475. The molecular formula is C76H76N2. The highest BCUT2D eigenvalue weighted by molar-refractivity contribution is 6.09. The number of fused-ring (bicyclic) bond motifs is 9. The van der Waals surface area contributed by atoms with Crippen LogP contribution in [-0.4, -0.2) is 9.13 Å². The van der Waals surface area contributed by atoms with Crippen molar-refractivity contribution in [3.63, 3.8) is 0 Å². The number of hydrogen-bond acceptors (Lipinski definition) is 0. The summed E-state index contributed by atoms with van der Waals surface area (Å²) < 4.78 is 5.05. The van der Waals surface area contributed by atoms with E-state index in [0.717, 1.165) is 51.4 Å². The van der Waals surface area contributed by atoms with Gasteiger partial charge >= 0.3 is 0 Å². The van der Waals surface area contributed by atoms with Gasteiger partial charge in [-0.2, -0.15) is 0 Å². The number of benzene rings is 5. The molecule has 5 aliphatic carbocycles. The molecule has 0 aliphatic heterocycles. The van der Waals surface area contributed by atoms with Gasteiger partial charge in [-0.3, -0.25) is 0 Å². The first-order valence-electron chi connectivity index (χ1n) is 28.5. The second-order valence-corrected chi connectivity index (χ2v) is 21.8. The number of rotatable bonds is 11. The summed E-state index contributed by atoms with van der Waals surface area (Å²) in [6.45, 7) is 19.3. The first-order chi connectivity index (χ1) is 38.1. The molecule has 2 aromatic heterocycles. The highest BCUT2D eigenvalue weighted by Gasteiger charge is 2.24. The maximum Gasteiger partial charge on any atom is 0.0541 e. The summed E-state index contributed by atoms with van der Waals surface area (Å²) in [6, 6.07) is 42.1. The average Bonchev–Trinajstić information content (AvgIpc) is 4.27. The molecule has 0 amide bonds. The van der Waals surface area contributed by atoms with E-state index in [4.69, 9.17) is 0 Å². The average molecular weight is 1020 g/mol. The third kappa shape index (κ3) is 11.3. The van der Waals surface area contributed by atoms with Crippen molar-refractivity contribution in [3.05, 3.63) is 286 Å². The van der Waals surface area contributed by atoms with Crippen molar-refractivity contribution in [2.75, 3.05) is 0 Å². The fourth-order valence-corrected chi connectivity index (χ4v) is 12.1. The summed E-state index contributed by atoms with van der Waals surface area (Å²) in [5.41, 5.74) is 29.1. The van der Waals surface area contributed by atoms with Crippen LogP contribution in [0.1, 0.15) is 109 Å². The lowest BCUT2D eigenvalue weighted by molar-refractivity contribution is 0.743. The van der Waals surface area contributed by atoms with Crippen LogP contribution in [0.15, 0.2) is 263 Å². The first kappa shape index (κ1) is 53.2. The third-order valence-corrected chi connectivity index (χ3v) is 16.1. The summed E-state index contributed by atoms with van der Waals surface area (Å²) in [5.74, 6) is 1.03. The third-order valence-electron chi connectivity index (χ3n) is 16.1. The molecule has 0 fully saturated rings. The second-order valence-electron chi connectivity index (χ2n) is 21.8. The molecule has 78 heavy (non-hydrogen) atoms. The van der Waals surface area contributed by atoms with Gasteiger partial charge < -0.3 is 9.13 Å². The lowest BCUT2D eigenvalue weighted by Gasteiger charge is -2.23. The van der Waals surface area contributed by atoms with Crippen LogP contribution in [0.4, 0.5) is 0 Å². The van der Waals surface area contributed by atoms with Gasteiger partial charge in [0.05, 0.1) is 16.6 Å². The fourth-order valence-electron chi connectivity index (χ4n) is 12.1. The number of hydrogen-bond donors (Lipinski definition) is 0. The Morgan fingerprint density at radius 1 is 0.692 bits per heavy atom. The monoisotopic (exact) mass is 1020 g/mol. The van der Waals surface area contributed by atoms with Crippen LogP contribution in [0.2, 0.25) is 0 Å². The second kappa shape index (κ2) is 24.4. The summed E-state index contributed by atoms with van der Waals surface area (Å²) in [4.78, 5) is 0. The smallest absolute Gasteiger partial charge is 0.0541 e. The van der Waals surface area contributed by atoms with Crippen molar-refractivity contribution in [2.24, 2.45) is 11.8 Å². The molecule has 0 N–H and O–H groups in total. The van der Waals surface area contributed by atoms with Gasteiger partial charge in [0.2, 0.25) is 0 Å². The highest BCUT2D eigenvalue weighted by atomic mass is 15.0. The van der Waals surface area contributed by atoms with Gasteiger partial charge in [0.15, 0.2) is 0 Å². The van der Waals surface area contributed by atoms with Crippen LogP contribution in [0, 0.1) is 11.8 Å². The number of allylic oxidation sites excluding steroid dienone is 23. The standard InChI is InChI=1S/C45H44N2.C18H22.C13H10/c1-4-5-11-31(2)18-20-33-12-10-13-35(29-33)34-21-23-36(24-22-34)46-44-26-19-32(3)28-40(44)41-30-37(25-27-45(41)46)47-42-16-8-6-14-38(42)39-15-7-9-17-43(39)47;1-6-11-17(14(3)4)16(7-2)18-13-10-8-9-12-15(18)5;1-3-7-12-10(5-1)9-11-6-2-4-8-13(11)12/h4-9,12,14-18,20-21,23,25,27-31H,10-11,13,19,22,24,26H2,1-3H3;6-8,10-14H,2H2,1,3-5H3;1-8H,9H2/b5-4-,20-18+;11-6-,17-16-;/t31-;;/m1../s1. The van der Waals surface area contributed by atoms with Crippen LogP contribution < -0.4 is 0 Å². The van der Waals surface area contributed by atoms with Crippen molar-refractivity contribution in [1.82, 2.24) is 9.13 Å². The van der Waals surface area contributed by atoms with Crippen LogP contribution >= 0.6 is 0 Å². The molecular weight excluding hydrogens is 941 g/mol. The Balaban J connectivity index is 0.000000180. The molecule has 7 aromatic rings. The van der Waals surface area contributed by atoms with Crippen LogP contribution in [0.25, 0.3) is 61.3 Å². The Morgan fingerprint density at radius 3 is 2.05 bits per heavy atom. The Bertz CT molecular complexity index is 3770.